The molecule has 1 heterocycles. The molecule has 29 heavy (non-hydrogen) atoms. The highest BCUT2D eigenvalue weighted by Crippen LogP contribution is 2.53. The fraction of sp³-hybridized carbons (Fsp3) is 0.500. The van der Waals surface area contributed by atoms with E-state index < -0.39 is 28.6 Å². The fourth-order valence-corrected chi connectivity index (χ4v) is 4.00. The van der Waals surface area contributed by atoms with E-state index in [4.69, 9.17) is 0 Å². The van der Waals surface area contributed by atoms with Crippen molar-refractivity contribution >= 4 is 11.3 Å². The molecule has 0 radical (unpaired) electrons. The monoisotopic (exact) mass is 399 g/mol. The first-order valence-corrected chi connectivity index (χ1v) is 10.2. The number of pyridine rings is 1. The van der Waals surface area contributed by atoms with Gasteiger partial charge < -0.3 is 4.90 Å². The van der Waals surface area contributed by atoms with Crippen molar-refractivity contribution in [2.24, 2.45) is 17.3 Å². The maximum Gasteiger partial charge on any atom is 0.149 e. The van der Waals surface area contributed by atoms with E-state index in [1.165, 1.54) is 0 Å². The Balaban J connectivity index is 2.77. The van der Waals surface area contributed by atoms with Crippen LogP contribution < -0.4 is 4.90 Å². The molecule has 156 valence electrons. The van der Waals surface area contributed by atoms with E-state index in [1.54, 1.807) is 18.3 Å². The molecule has 1 aromatic heterocycles. The van der Waals surface area contributed by atoms with Gasteiger partial charge in [0.05, 0.1) is 5.69 Å². The third kappa shape index (κ3) is 4.42. The summed E-state index contributed by atoms with van der Waals surface area (Å²) in [5.41, 5.74) is 0.677. The van der Waals surface area contributed by atoms with Gasteiger partial charge in [-0.15, -0.1) is 0 Å². The summed E-state index contributed by atoms with van der Waals surface area (Å²) >= 11 is 0. The highest BCUT2D eigenvalue weighted by atomic mass is 19.1. The molecule has 1 aliphatic carbocycles. The van der Waals surface area contributed by atoms with E-state index in [-0.39, 0.29) is 12.3 Å². The first-order chi connectivity index (χ1) is 13.7. The lowest BCUT2D eigenvalue weighted by Crippen LogP contribution is -2.35. The minimum absolute atomic E-state index is 0.00554. The van der Waals surface area contributed by atoms with Crippen LogP contribution in [-0.4, -0.2) is 19.1 Å². The summed E-state index contributed by atoms with van der Waals surface area (Å²) in [6, 6.07) is 5.36. The number of halogens is 2. The minimum atomic E-state index is -0.788. The lowest BCUT2D eigenvalue weighted by atomic mass is 9.61. The van der Waals surface area contributed by atoms with Gasteiger partial charge in [0.15, 0.2) is 0 Å². The fourth-order valence-electron chi connectivity index (χ4n) is 4.00. The summed E-state index contributed by atoms with van der Waals surface area (Å²) in [4.78, 5) is 6.33. The van der Waals surface area contributed by atoms with Gasteiger partial charge >= 0.3 is 0 Å². The molecule has 0 aliphatic heterocycles. The molecule has 2 rings (SSSR count). The lowest BCUT2D eigenvalue weighted by molar-refractivity contribution is 0.189. The molecule has 0 bridgehead atoms. The van der Waals surface area contributed by atoms with Gasteiger partial charge in [0.1, 0.15) is 23.3 Å². The molecule has 0 saturated carbocycles. The molecule has 0 amide bonds. The molecule has 1 aromatic rings. The predicted octanol–water partition coefficient (Wildman–Crippen LogP) is 6.61. The van der Waals surface area contributed by atoms with E-state index >= 15 is 4.39 Å². The van der Waals surface area contributed by atoms with E-state index in [0.717, 1.165) is 18.5 Å². The number of aromatic nitrogens is 1. The second-order valence-corrected chi connectivity index (χ2v) is 8.16. The van der Waals surface area contributed by atoms with Crippen molar-refractivity contribution in [2.45, 2.75) is 47.0 Å². The van der Waals surface area contributed by atoms with E-state index in [9.17, 15) is 9.65 Å². The lowest BCUT2D eigenvalue weighted by Gasteiger charge is -2.43. The van der Waals surface area contributed by atoms with Gasteiger partial charge in [-0.25, -0.2) is 8.78 Å². The molecular weight excluding hydrogens is 368 g/mol. The van der Waals surface area contributed by atoms with Gasteiger partial charge in [-0.3, -0.25) is 4.98 Å². The van der Waals surface area contributed by atoms with Crippen molar-refractivity contribution < 1.29 is 8.78 Å². The average Bonchev–Trinajstić information content (AvgIpc) is 2.71. The third-order valence-corrected chi connectivity index (χ3v) is 6.24. The maximum atomic E-state index is 15.5. The number of nitrogens with zero attached hydrogens (tertiary/aromatic N) is 3. The van der Waals surface area contributed by atoms with Gasteiger partial charge in [-0.2, -0.15) is 5.26 Å². The van der Waals surface area contributed by atoms with E-state index in [2.05, 4.69) is 37.9 Å². The van der Waals surface area contributed by atoms with Crippen LogP contribution in [0.25, 0.3) is 5.57 Å². The molecule has 5 heteroatoms. The van der Waals surface area contributed by atoms with Gasteiger partial charge in [-0.05, 0) is 29.9 Å². The van der Waals surface area contributed by atoms with Gasteiger partial charge in [0.25, 0.3) is 0 Å². The molecule has 3 atom stereocenters. The summed E-state index contributed by atoms with van der Waals surface area (Å²) < 4.78 is 30.3. The largest absolute Gasteiger partial charge is 0.378 e. The first kappa shape index (κ1) is 22.8. The zero-order valence-corrected chi connectivity index (χ0v) is 18.3. The third-order valence-electron chi connectivity index (χ3n) is 6.24. The van der Waals surface area contributed by atoms with Crippen LogP contribution in [0.3, 0.4) is 0 Å². The first-order valence-electron chi connectivity index (χ1n) is 10.2. The van der Waals surface area contributed by atoms with Crippen LogP contribution in [0, 0.1) is 28.6 Å². The molecule has 0 fully saturated rings. The number of hydrogen-bond donors (Lipinski definition) is 0. The number of allylic oxidation sites excluding steroid dienone is 6. The van der Waals surface area contributed by atoms with Crippen LogP contribution in [0.4, 0.5) is 14.5 Å². The van der Waals surface area contributed by atoms with Gasteiger partial charge in [0.2, 0.25) is 0 Å². The number of anilines is 1. The normalized spacial score (nSPS) is 20.6. The Labute approximate surface area is 173 Å². The number of nitriles is 1. The Morgan fingerprint density at radius 3 is 2.62 bits per heavy atom. The van der Waals surface area contributed by atoms with Crippen LogP contribution in [-0.2, 0) is 0 Å². The summed E-state index contributed by atoms with van der Waals surface area (Å²) in [5, 5.41) is 9.36. The Morgan fingerprint density at radius 2 is 2.07 bits per heavy atom. The maximum absolute atomic E-state index is 15.5. The second kappa shape index (κ2) is 9.35. The van der Waals surface area contributed by atoms with E-state index in [0.29, 0.717) is 11.3 Å². The molecular formula is C24H31F2N3. The highest BCUT2D eigenvalue weighted by Gasteiger charge is 2.44. The van der Waals surface area contributed by atoms with Crippen LogP contribution >= 0.6 is 0 Å². The van der Waals surface area contributed by atoms with Crippen molar-refractivity contribution in [3.05, 3.63) is 53.4 Å². The van der Waals surface area contributed by atoms with Crippen molar-refractivity contribution in [3.63, 3.8) is 0 Å². The summed E-state index contributed by atoms with van der Waals surface area (Å²) in [5.74, 6) is -1.74. The molecule has 3 unspecified atom stereocenters. The summed E-state index contributed by atoms with van der Waals surface area (Å²) in [6.07, 6.45) is 7.50. The zero-order chi connectivity index (χ0) is 21.8. The van der Waals surface area contributed by atoms with Crippen LogP contribution in [0.5, 0.6) is 0 Å². The zero-order valence-electron chi connectivity index (χ0n) is 18.3. The molecule has 0 saturated heterocycles. The molecule has 0 spiro atoms. The molecule has 3 nitrogen and oxygen atoms in total. The highest BCUT2D eigenvalue weighted by molar-refractivity contribution is 5.76. The number of rotatable bonds is 7. The van der Waals surface area contributed by atoms with Gasteiger partial charge in [0, 0.05) is 43.9 Å². The quantitative estimate of drug-likeness (QED) is 0.484. The Morgan fingerprint density at radius 1 is 1.38 bits per heavy atom. The number of hydrogen-bond acceptors (Lipinski definition) is 3. The van der Waals surface area contributed by atoms with Crippen molar-refractivity contribution in [3.8, 4) is 6.07 Å². The Kier molecular flexibility index (Phi) is 7.35. The molecule has 0 aromatic carbocycles. The van der Waals surface area contributed by atoms with Crippen molar-refractivity contribution in [1.82, 2.24) is 4.98 Å². The Hall–Kier alpha value is -2.48. The van der Waals surface area contributed by atoms with E-state index in [1.807, 2.05) is 32.0 Å². The topological polar surface area (TPSA) is 39.9 Å². The van der Waals surface area contributed by atoms with Crippen LogP contribution in [0.15, 0.2) is 47.7 Å². The Bertz CT molecular complexity index is 876. The second-order valence-electron chi connectivity index (χ2n) is 8.16. The van der Waals surface area contributed by atoms with Gasteiger partial charge in [-0.1, -0.05) is 46.3 Å². The van der Waals surface area contributed by atoms with Crippen molar-refractivity contribution in [2.75, 3.05) is 19.0 Å². The van der Waals surface area contributed by atoms with Crippen molar-refractivity contribution in [1.29, 1.82) is 5.26 Å². The minimum Gasteiger partial charge on any atom is -0.378 e. The van der Waals surface area contributed by atoms with Crippen LogP contribution in [0.1, 0.15) is 52.7 Å². The summed E-state index contributed by atoms with van der Waals surface area (Å²) in [6.45, 7) is 8.30. The SMILES string of the molecule is CCC=CC(C)(C(C)CC)C1CC(F)=C(C#N)C(F)=C1c1cc(N(C)C)ccn1. The average molecular weight is 400 g/mol. The molecule has 0 N–H and O–H groups in total. The predicted molar refractivity (Wildman–Crippen MR) is 115 cm³/mol. The smallest absolute Gasteiger partial charge is 0.149 e. The summed E-state index contributed by atoms with van der Waals surface area (Å²) in [7, 11) is 3.80. The van der Waals surface area contributed by atoms with Crippen LogP contribution in [0.2, 0.25) is 0 Å². The standard InChI is InChI=1S/C24H31F2N3/c1-7-9-11-24(4,16(3)8-2)19-14-20(25)18(15-27)23(26)22(19)21-13-17(29(5)6)10-12-28-21/h9-13,16,19H,7-8,14H2,1-6H3. The molecule has 1 aliphatic rings.